The maximum Gasteiger partial charge on any atom is 1.00 e. The molecule has 0 atom stereocenters. The fourth-order valence-electron chi connectivity index (χ4n) is 6.72. The van der Waals surface area contributed by atoms with E-state index in [1.54, 1.807) is 0 Å². The number of aliphatic hydroxyl groups excluding tert-OH is 3. The number of aromatic hydroxyl groups is 2. The van der Waals surface area contributed by atoms with E-state index in [1.165, 1.54) is 84.9 Å². The van der Waals surface area contributed by atoms with Crippen LogP contribution >= 0.6 is 0 Å². The van der Waals surface area contributed by atoms with Gasteiger partial charge in [-0.1, -0.05) is 0 Å². The first-order chi connectivity index (χ1) is 35.7. The number of carboxylic acids is 2. The number of ether oxygens (including phenoxy) is 3. The largest absolute Gasteiger partial charge is 1.00 e. The molecule has 0 aliphatic heterocycles. The van der Waals surface area contributed by atoms with Gasteiger partial charge in [0.15, 0.2) is 0 Å². The van der Waals surface area contributed by atoms with Crippen molar-refractivity contribution in [3.05, 3.63) is 108 Å². The summed E-state index contributed by atoms with van der Waals surface area (Å²) in [5.41, 5.74) is -0.780. The second kappa shape index (κ2) is 29.6. The van der Waals surface area contributed by atoms with Crippen LogP contribution < -0.4 is 40.2 Å². The van der Waals surface area contributed by atoms with Gasteiger partial charge >= 0.3 is 47.5 Å². The predicted octanol–water partition coefficient (Wildman–Crippen LogP) is 3.09. The van der Waals surface area contributed by atoms with E-state index in [9.17, 15) is 50.5 Å². The van der Waals surface area contributed by atoms with Crippen LogP contribution in [0.2, 0.25) is 0 Å². The smallest absolute Gasteiger partial charge is 0.505 e. The number of carboxylic acid groups (broad SMARTS) is 2. The summed E-state index contributed by atoms with van der Waals surface area (Å²) in [4.78, 5) is 35.5. The van der Waals surface area contributed by atoms with Crippen molar-refractivity contribution in [1.29, 1.82) is 0 Å². The number of aliphatic hydroxyl groups is 3. The summed E-state index contributed by atoms with van der Waals surface area (Å²) in [6.07, 6.45) is 0. The molecule has 0 unspecified atom stereocenters. The Labute approximate surface area is 455 Å². The number of amides is 2. The molecular formula is C47H51N7NaO19S2+. The normalized spacial score (nSPS) is 11.7. The van der Waals surface area contributed by atoms with Gasteiger partial charge in [-0.2, -0.15) is 37.3 Å². The number of phenols is 2. The van der Waals surface area contributed by atoms with Crippen LogP contribution in [-0.2, 0) is 34.4 Å². The van der Waals surface area contributed by atoms with Gasteiger partial charge in [0.2, 0.25) is 0 Å². The van der Waals surface area contributed by atoms with Gasteiger partial charge in [0.1, 0.15) is 32.7 Å². The van der Waals surface area contributed by atoms with E-state index in [0.717, 1.165) is 31.8 Å². The Balaban J connectivity index is 0.000000532. The molecule has 26 nitrogen and oxygen atoms in total. The Kier molecular flexibility index (Phi) is 24.1. The number of carbonyl (C=O) groups is 3. The fourth-order valence-corrected chi connectivity index (χ4v) is 8.08. The molecule has 0 saturated carbocycles. The Morgan fingerprint density at radius 3 is 1.11 bits per heavy atom. The number of benzene rings is 6. The number of aromatic carboxylic acids is 2. The number of hydrogen-bond acceptors (Lipinski definition) is 20. The Bertz CT molecular complexity index is 3040. The molecule has 6 aromatic rings. The first kappa shape index (κ1) is 61.9. The number of phenolic OH excluding ortho intramolecular Hbond substituents is 2. The second-order valence-electron chi connectivity index (χ2n) is 15.5. The number of anilines is 2. The molecule has 11 N–H and O–H groups in total. The van der Waals surface area contributed by atoms with Crippen molar-refractivity contribution < 1.29 is 120 Å². The standard InChI is InChI=1S/C35H24N6O13S2.C12H27NO6.Na/c42-31-25-11-9-23(40-38-21-5-1-17(2-6-21)33(44)45)13-19(25)15-27(55(49,50)51)29(31)36-35(48)37-30-28(56(52,53)54)16-20-14-24(10-12-26(20)32(30)43)41-39-22-7-3-18(4-8-22)34(46)47;14-4-10-17-7-1-13(2-8-18-11-5-15)3-9-19-12-6-16;/h1-16,42-43H,(H,44,45)(H,46,47)(H2,36,37,48)(H,49,50,51)(H,52,53,54);14-16H,1-12H2;/q;;+1. The number of rotatable bonds is 25. The van der Waals surface area contributed by atoms with Crippen LogP contribution in [0.3, 0.4) is 0 Å². The molecule has 0 bridgehead atoms. The molecule has 400 valence electrons. The molecule has 0 aromatic heterocycles. The molecule has 0 aliphatic carbocycles. The van der Waals surface area contributed by atoms with E-state index in [0.29, 0.717) is 39.6 Å². The van der Waals surface area contributed by atoms with Crippen LogP contribution in [0.1, 0.15) is 20.7 Å². The van der Waals surface area contributed by atoms with Gasteiger partial charge in [0.25, 0.3) is 20.2 Å². The monoisotopic (exact) mass is 1100 g/mol. The third kappa shape index (κ3) is 18.3. The number of carbonyl (C=O) groups excluding carboxylic acids is 1. The quantitative estimate of drug-likeness (QED) is 0.0129. The first-order valence-electron chi connectivity index (χ1n) is 22.1. The summed E-state index contributed by atoms with van der Waals surface area (Å²) in [6, 6.07) is 19.1. The third-order valence-corrected chi connectivity index (χ3v) is 12.1. The van der Waals surface area contributed by atoms with E-state index in [-0.39, 0.29) is 105 Å². The number of urea groups is 1. The van der Waals surface area contributed by atoms with Gasteiger partial charge in [0.05, 0.1) is 93.3 Å². The van der Waals surface area contributed by atoms with Gasteiger partial charge < -0.3 is 60.6 Å². The summed E-state index contributed by atoms with van der Waals surface area (Å²) in [7, 11) is -10.4. The zero-order valence-electron chi connectivity index (χ0n) is 40.4. The Morgan fingerprint density at radius 2 is 0.803 bits per heavy atom. The van der Waals surface area contributed by atoms with Crippen molar-refractivity contribution in [2.45, 2.75) is 9.79 Å². The number of azo groups is 2. The molecular weight excluding hydrogens is 1050 g/mol. The Morgan fingerprint density at radius 1 is 0.487 bits per heavy atom. The van der Waals surface area contributed by atoms with Crippen molar-refractivity contribution in [2.75, 3.05) is 89.7 Å². The van der Waals surface area contributed by atoms with Crippen molar-refractivity contribution in [3.8, 4) is 11.5 Å². The predicted molar refractivity (Wildman–Crippen MR) is 269 cm³/mol. The number of nitrogens with zero attached hydrogens (tertiary/aromatic N) is 5. The molecule has 2 amide bonds. The minimum Gasteiger partial charge on any atom is -0.505 e. The molecule has 29 heteroatoms. The Hall–Kier alpha value is -6.61. The molecule has 0 saturated heterocycles. The van der Waals surface area contributed by atoms with E-state index in [1.807, 2.05) is 10.6 Å². The van der Waals surface area contributed by atoms with Gasteiger partial charge in [0, 0.05) is 30.4 Å². The molecule has 76 heavy (non-hydrogen) atoms. The summed E-state index contributed by atoms with van der Waals surface area (Å²) >= 11 is 0. The average molecular weight is 1110 g/mol. The van der Waals surface area contributed by atoms with E-state index in [2.05, 4.69) is 25.4 Å². The topological polar surface area (TPSA) is 406 Å². The number of fused-ring (bicyclic) bond motifs is 2. The minimum atomic E-state index is -5.18. The van der Waals surface area contributed by atoms with Crippen LogP contribution in [0.4, 0.5) is 38.9 Å². The second-order valence-corrected chi connectivity index (χ2v) is 18.3. The van der Waals surface area contributed by atoms with Gasteiger partial charge in [-0.25, -0.2) is 14.4 Å². The van der Waals surface area contributed by atoms with Gasteiger partial charge in [-0.3, -0.25) is 14.0 Å². The van der Waals surface area contributed by atoms with Crippen molar-refractivity contribution in [3.63, 3.8) is 0 Å². The molecule has 0 spiro atoms. The van der Waals surface area contributed by atoms with Crippen molar-refractivity contribution in [1.82, 2.24) is 4.90 Å². The van der Waals surface area contributed by atoms with Crippen molar-refractivity contribution in [2.24, 2.45) is 20.5 Å². The van der Waals surface area contributed by atoms with E-state index < -0.39 is 70.9 Å². The van der Waals surface area contributed by atoms with Gasteiger partial charge in [-0.15, -0.1) is 0 Å². The molecule has 6 aromatic carbocycles. The fraction of sp³-hybridized carbons (Fsp3) is 0.255. The van der Waals surface area contributed by atoms with Crippen LogP contribution in [0.25, 0.3) is 21.5 Å². The van der Waals surface area contributed by atoms with Crippen LogP contribution in [0.15, 0.2) is 127 Å². The van der Waals surface area contributed by atoms with Gasteiger partial charge in [-0.05, 0) is 108 Å². The number of nitrogens with one attached hydrogen (secondary N) is 2. The van der Waals surface area contributed by atoms with Crippen molar-refractivity contribution >= 4 is 93.9 Å². The summed E-state index contributed by atoms with van der Waals surface area (Å²) in [6.45, 7) is 4.92. The average Bonchev–Trinajstić information content (AvgIpc) is 3.37. The minimum absolute atomic E-state index is 0. The van der Waals surface area contributed by atoms with Crippen LogP contribution in [0, 0.1) is 0 Å². The van der Waals surface area contributed by atoms with E-state index >= 15 is 0 Å². The molecule has 0 radical (unpaired) electrons. The van der Waals surface area contributed by atoms with E-state index in [4.69, 9.17) is 39.7 Å². The third-order valence-electron chi connectivity index (χ3n) is 10.3. The van der Waals surface area contributed by atoms with Crippen LogP contribution in [0.5, 0.6) is 11.5 Å². The molecule has 0 fully saturated rings. The van der Waals surface area contributed by atoms with Crippen LogP contribution in [-0.4, -0.2) is 164 Å². The zero-order chi connectivity index (χ0) is 54.7. The SMILES string of the molecule is O=C(Nc1c(S(=O)(=O)O)cc2cc(N=Nc3ccc(C(=O)O)cc3)ccc2c1O)Nc1c(S(=O)(=O)O)cc2cc(N=Nc3ccc(C(=O)O)cc3)ccc2c1O.OCCOCCN(CCOCCO)CCOCCO.[Na+]. The summed E-state index contributed by atoms with van der Waals surface area (Å²) in [5.74, 6) is -3.98. The molecule has 0 aliphatic rings. The summed E-state index contributed by atoms with van der Waals surface area (Å²) < 4.78 is 85.5. The first-order valence-corrected chi connectivity index (χ1v) is 25.0. The summed E-state index contributed by atoms with van der Waals surface area (Å²) in [5, 5.41) is 86.1. The maximum atomic E-state index is 13.3. The maximum absolute atomic E-state index is 13.3. The zero-order valence-corrected chi connectivity index (χ0v) is 44.0. The molecule has 0 heterocycles. The molecule has 6 rings (SSSR count). The number of hydrogen-bond donors (Lipinski definition) is 11.